The summed E-state index contributed by atoms with van der Waals surface area (Å²) in [5, 5.41) is 3.30. The highest BCUT2D eigenvalue weighted by molar-refractivity contribution is 5.76. The molecule has 1 saturated heterocycles. The van der Waals surface area contributed by atoms with Gasteiger partial charge in [0.25, 0.3) is 0 Å². The third-order valence-corrected chi connectivity index (χ3v) is 3.96. The van der Waals surface area contributed by atoms with Crippen LogP contribution in [0.3, 0.4) is 0 Å². The van der Waals surface area contributed by atoms with Gasteiger partial charge in [0.05, 0.1) is 0 Å². The highest BCUT2D eigenvalue weighted by Gasteiger charge is 2.31. The second kappa shape index (κ2) is 6.18. The summed E-state index contributed by atoms with van der Waals surface area (Å²) >= 11 is 0. The number of esters is 1. The fourth-order valence-electron chi connectivity index (χ4n) is 3.04. The van der Waals surface area contributed by atoms with Gasteiger partial charge in [0.15, 0.2) is 0 Å². The van der Waals surface area contributed by atoms with E-state index in [0.717, 1.165) is 19.4 Å². The number of carbonyl (C=O) groups is 1. The van der Waals surface area contributed by atoms with E-state index in [0.29, 0.717) is 5.92 Å². The zero-order valence-electron chi connectivity index (χ0n) is 13.8. The van der Waals surface area contributed by atoms with Crippen molar-refractivity contribution in [2.75, 3.05) is 6.54 Å². The standard InChI is InChI=1S/C18H27NO2/c1-12-6-7-15(13(2)10-12)14-8-9-19-16(11-14)17(20)21-18(3,4)5/h6-7,10,14,16,19H,8-9,11H2,1-5H3. The first kappa shape index (κ1) is 16.0. The van der Waals surface area contributed by atoms with Crippen LogP contribution < -0.4 is 5.32 Å². The normalized spacial score (nSPS) is 22.9. The molecular formula is C18H27NO2. The number of hydrogen-bond acceptors (Lipinski definition) is 3. The molecule has 0 spiro atoms. The number of hydrogen-bond donors (Lipinski definition) is 1. The highest BCUT2D eigenvalue weighted by Crippen LogP contribution is 2.31. The molecule has 1 aromatic carbocycles. The Morgan fingerprint density at radius 2 is 2.00 bits per heavy atom. The summed E-state index contributed by atoms with van der Waals surface area (Å²) in [7, 11) is 0. The van der Waals surface area contributed by atoms with Gasteiger partial charge in [-0.05, 0) is 71.0 Å². The van der Waals surface area contributed by atoms with E-state index in [2.05, 4.69) is 37.4 Å². The summed E-state index contributed by atoms with van der Waals surface area (Å²) in [6.07, 6.45) is 1.89. The Balaban J connectivity index is 2.08. The van der Waals surface area contributed by atoms with E-state index >= 15 is 0 Å². The van der Waals surface area contributed by atoms with E-state index in [4.69, 9.17) is 4.74 Å². The van der Waals surface area contributed by atoms with Crippen molar-refractivity contribution in [2.45, 2.75) is 65.0 Å². The molecule has 3 nitrogen and oxygen atoms in total. The van der Waals surface area contributed by atoms with E-state index in [1.165, 1.54) is 16.7 Å². The smallest absolute Gasteiger partial charge is 0.323 e. The molecule has 0 bridgehead atoms. The molecule has 2 unspecified atom stereocenters. The molecule has 116 valence electrons. The van der Waals surface area contributed by atoms with Gasteiger partial charge in [0.2, 0.25) is 0 Å². The molecule has 2 rings (SSSR count). The molecule has 1 aliphatic rings. The van der Waals surface area contributed by atoms with E-state index in [1.807, 2.05) is 20.8 Å². The number of rotatable bonds is 2. The van der Waals surface area contributed by atoms with Gasteiger partial charge in [-0.25, -0.2) is 0 Å². The zero-order valence-corrected chi connectivity index (χ0v) is 13.8. The van der Waals surface area contributed by atoms with Crippen LogP contribution in [0, 0.1) is 13.8 Å². The molecule has 0 aromatic heterocycles. The lowest BCUT2D eigenvalue weighted by Gasteiger charge is -2.32. The molecule has 1 aliphatic heterocycles. The molecule has 0 amide bonds. The Morgan fingerprint density at radius 1 is 1.29 bits per heavy atom. The molecule has 1 N–H and O–H groups in total. The maximum absolute atomic E-state index is 12.2. The summed E-state index contributed by atoms with van der Waals surface area (Å²) in [5.41, 5.74) is 3.56. The van der Waals surface area contributed by atoms with Crippen molar-refractivity contribution in [3.63, 3.8) is 0 Å². The lowest BCUT2D eigenvalue weighted by Crippen LogP contribution is -2.45. The van der Waals surface area contributed by atoms with E-state index in [9.17, 15) is 4.79 Å². The number of nitrogens with one attached hydrogen (secondary N) is 1. The van der Waals surface area contributed by atoms with Gasteiger partial charge in [-0.2, -0.15) is 0 Å². The number of piperidine rings is 1. The lowest BCUT2D eigenvalue weighted by atomic mass is 9.84. The van der Waals surface area contributed by atoms with Crippen LogP contribution in [0.2, 0.25) is 0 Å². The second-order valence-corrected chi connectivity index (χ2v) is 7.12. The number of benzene rings is 1. The van der Waals surface area contributed by atoms with Crippen LogP contribution in [0.4, 0.5) is 0 Å². The SMILES string of the molecule is Cc1ccc(C2CCNC(C(=O)OC(C)(C)C)C2)c(C)c1. The fraction of sp³-hybridized carbons (Fsp3) is 0.611. The maximum atomic E-state index is 12.2. The molecule has 3 heteroatoms. The Bertz CT molecular complexity index is 516. The molecule has 0 radical (unpaired) electrons. The van der Waals surface area contributed by atoms with Crippen molar-refractivity contribution < 1.29 is 9.53 Å². The predicted octanol–water partition coefficient (Wildman–Crippen LogP) is 3.48. The summed E-state index contributed by atoms with van der Waals surface area (Å²) in [4.78, 5) is 12.2. The van der Waals surface area contributed by atoms with Crippen molar-refractivity contribution in [1.82, 2.24) is 5.32 Å². The maximum Gasteiger partial charge on any atom is 0.323 e. The molecule has 1 aromatic rings. The fourth-order valence-corrected chi connectivity index (χ4v) is 3.04. The Morgan fingerprint density at radius 3 is 2.62 bits per heavy atom. The largest absolute Gasteiger partial charge is 0.459 e. The van der Waals surface area contributed by atoms with Crippen molar-refractivity contribution in [3.05, 3.63) is 34.9 Å². The van der Waals surface area contributed by atoms with Crippen molar-refractivity contribution in [3.8, 4) is 0 Å². The van der Waals surface area contributed by atoms with Crippen molar-refractivity contribution >= 4 is 5.97 Å². The monoisotopic (exact) mass is 289 g/mol. The third-order valence-electron chi connectivity index (χ3n) is 3.96. The Kier molecular flexibility index (Phi) is 4.72. The topological polar surface area (TPSA) is 38.3 Å². The van der Waals surface area contributed by atoms with E-state index in [-0.39, 0.29) is 12.0 Å². The highest BCUT2D eigenvalue weighted by atomic mass is 16.6. The number of ether oxygens (including phenoxy) is 1. The Labute approximate surface area is 128 Å². The van der Waals surface area contributed by atoms with Crippen molar-refractivity contribution in [1.29, 1.82) is 0 Å². The van der Waals surface area contributed by atoms with Gasteiger partial charge in [0, 0.05) is 0 Å². The average molecular weight is 289 g/mol. The van der Waals surface area contributed by atoms with Gasteiger partial charge in [-0.3, -0.25) is 4.79 Å². The summed E-state index contributed by atoms with van der Waals surface area (Å²) in [5.74, 6) is 0.307. The molecule has 1 heterocycles. The zero-order chi connectivity index (χ0) is 15.6. The van der Waals surface area contributed by atoms with Crippen LogP contribution >= 0.6 is 0 Å². The third kappa shape index (κ3) is 4.31. The molecule has 21 heavy (non-hydrogen) atoms. The lowest BCUT2D eigenvalue weighted by molar-refractivity contribution is -0.158. The molecule has 2 atom stereocenters. The minimum Gasteiger partial charge on any atom is -0.459 e. The van der Waals surface area contributed by atoms with E-state index < -0.39 is 5.60 Å². The number of carbonyl (C=O) groups excluding carboxylic acids is 1. The molecular weight excluding hydrogens is 262 g/mol. The predicted molar refractivity (Wildman–Crippen MR) is 85.5 cm³/mol. The summed E-state index contributed by atoms with van der Waals surface area (Å²) in [6.45, 7) is 10.9. The first-order valence-corrected chi connectivity index (χ1v) is 7.79. The van der Waals surface area contributed by atoms with Crippen LogP contribution in [-0.2, 0) is 9.53 Å². The van der Waals surface area contributed by atoms with Crippen LogP contribution in [0.15, 0.2) is 18.2 Å². The molecule has 1 fully saturated rings. The molecule has 0 saturated carbocycles. The van der Waals surface area contributed by atoms with Crippen LogP contribution in [0.25, 0.3) is 0 Å². The molecule has 0 aliphatic carbocycles. The van der Waals surface area contributed by atoms with Gasteiger partial charge in [-0.15, -0.1) is 0 Å². The van der Waals surface area contributed by atoms with Crippen LogP contribution in [0.1, 0.15) is 56.2 Å². The van der Waals surface area contributed by atoms with Gasteiger partial charge in [0.1, 0.15) is 11.6 Å². The minimum absolute atomic E-state index is 0.128. The number of aryl methyl sites for hydroxylation is 2. The quantitative estimate of drug-likeness (QED) is 0.847. The minimum atomic E-state index is -0.425. The summed E-state index contributed by atoms with van der Waals surface area (Å²) in [6, 6.07) is 6.41. The van der Waals surface area contributed by atoms with Gasteiger partial charge < -0.3 is 10.1 Å². The second-order valence-electron chi connectivity index (χ2n) is 7.12. The first-order valence-electron chi connectivity index (χ1n) is 7.79. The summed E-state index contributed by atoms with van der Waals surface area (Å²) < 4.78 is 5.51. The van der Waals surface area contributed by atoms with Crippen LogP contribution in [-0.4, -0.2) is 24.2 Å². The van der Waals surface area contributed by atoms with E-state index in [1.54, 1.807) is 0 Å². The van der Waals surface area contributed by atoms with Gasteiger partial charge in [-0.1, -0.05) is 23.8 Å². The Hall–Kier alpha value is -1.35. The van der Waals surface area contributed by atoms with Crippen molar-refractivity contribution in [2.24, 2.45) is 0 Å². The first-order chi connectivity index (χ1) is 9.76. The van der Waals surface area contributed by atoms with Gasteiger partial charge >= 0.3 is 5.97 Å². The van der Waals surface area contributed by atoms with Crippen LogP contribution in [0.5, 0.6) is 0 Å². The average Bonchev–Trinajstić information content (AvgIpc) is 2.37.